The second kappa shape index (κ2) is 5.96. The number of aromatic nitrogens is 3. The summed E-state index contributed by atoms with van der Waals surface area (Å²) in [5, 5.41) is 10.6. The van der Waals surface area contributed by atoms with Crippen LogP contribution >= 0.6 is 11.3 Å². The summed E-state index contributed by atoms with van der Waals surface area (Å²) in [4.78, 5) is 29.9. The molecule has 7 nitrogen and oxygen atoms in total. The first kappa shape index (κ1) is 13.6. The van der Waals surface area contributed by atoms with Crippen molar-refractivity contribution in [3.05, 3.63) is 35.6 Å². The molecule has 1 atom stereocenters. The van der Waals surface area contributed by atoms with E-state index < -0.39 is 0 Å². The molecular weight excluding hydrogens is 290 g/mol. The second-order valence-corrected chi connectivity index (χ2v) is 5.56. The van der Waals surface area contributed by atoms with Gasteiger partial charge in [0.25, 0.3) is 0 Å². The maximum absolute atomic E-state index is 12.1. The van der Waals surface area contributed by atoms with Crippen LogP contribution in [0.25, 0.3) is 0 Å². The van der Waals surface area contributed by atoms with Crippen molar-refractivity contribution in [1.82, 2.24) is 20.1 Å². The highest BCUT2D eigenvalue weighted by Gasteiger charge is 2.34. The van der Waals surface area contributed by atoms with Gasteiger partial charge in [-0.1, -0.05) is 17.4 Å². The lowest BCUT2D eigenvalue weighted by atomic mass is 10.1. The van der Waals surface area contributed by atoms with E-state index in [0.717, 1.165) is 5.69 Å². The SMILES string of the molecule is O=C(Nc1nncs1)[C@@H]1CC(=O)N(Cc2ccccn2)C1. The molecule has 0 spiro atoms. The van der Waals surface area contributed by atoms with Crippen LogP contribution in [0.3, 0.4) is 0 Å². The fraction of sp³-hybridized carbons (Fsp3) is 0.308. The van der Waals surface area contributed by atoms with Crippen LogP contribution in [0.2, 0.25) is 0 Å². The van der Waals surface area contributed by atoms with Crippen molar-refractivity contribution in [1.29, 1.82) is 0 Å². The summed E-state index contributed by atoms with van der Waals surface area (Å²) in [7, 11) is 0. The number of amides is 2. The normalized spacial score (nSPS) is 18.0. The molecule has 3 heterocycles. The predicted molar refractivity (Wildman–Crippen MR) is 76.3 cm³/mol. The molecule has 21 heavy (non-hydrogen) atoms. The number of hydrogen-bond acceptors (Lipinski definition) is 6. The Bertz CT molecular complexity index is 631. The van der Waals surface area contributed by atoms with Crippen molar-refractivity contribution in [2.45, 2.75) is 13.0 Å². The monoisotopic (exact) mass is 303 g/mol. The lowest BCUT2D eigenvalue weighted by molar-refractivity contribution is -0.128. The number of hydrogen-bond donors (Lipinski definition) is 1. The fourth-order valence-electron chi connectivity index (χ4n) is 2.22. The highest BCUT2D eigenvalue weighted by atomic mass is 32.1. The first-order chi connectivity index (χ1) is 10.2. The summed E-state index contributed by atoms with van der Waals surface area (Å²) in [5.41, 5.74) is 2.36. The topological polar surface area (TPSA) is 88.1 Å². The van der Waals surface area contributed by atoms with Crippen LogP contribution in [0.15, 0.2) is 29.9 Å². The van der Waals surface area contributed by atoms with Crippen LogP contribution in [0.5, 0.6) is 0 Å². The van der Waals surface area contributed by atoms with Gasteiger partial charge in [0.1, 0.15) is 5.51 Å². The van der Waals surface area contributed by atoms with Gasteiger partial charge in [-0.15, -0.1) is 10.2 Å². The van der Waals surface area contributed by atoms with E-state index in [9.17, 15) is 9.59 Å². The Morgan fingerprint density at radius 3 is 3.10 bits per heavy atom. The van der Waals surface area contributed by atoms with E-state index in [1.165, 1.54) is 11.3 Å². The van der Waals surface area contributed by atoms with E-state index in [4.69, 9.17) is 0 Å². The van der Waals surface area contributed by atoms with Gasteiger partial charge < -0.3 is 10.2 Å². The van der Waals surface area contributed by atoms with Crippen molar-refractivity contribution < 1.29 is 9.59 Å². The lowest BCUT2D eigenvalue weighted by Crippen LogP contribution is -2.28. The average Bonchev–Trinajstić information content (AvgIpc) is 3.11. The Balaban J connectivity index is 1.60. The van der Waals surface area contributed by atoms with Gasteiger partial charge in [0.2, 0.25) is 16.9 Å². The third-order valence-corrected chi connectivity index (χ3v) is 3.86. The molecule has 2 aromatic rings. The summed E-state index contributed by atoms with van der Waals surface area (Å²) in [6.07, 6.45) is 1.91. The van der Waals surface area contributed by atoms with E-state index in [-0.39, 0.29) is 24.2 Å². The molecule has 1 aliphatic rings. The Labute approximate surface area is 125 Å². The summed E-state index contributed by atoms with van der Waals surface area (Å²) >= 11 is 1.25. The minimum absolute atomic E-state index is 0.0296. The van der Waals surface area contributed by atoms with E-state index >= 15 is 0 Å². The zero-order valence-electron chi connectivity index (χ0n) is 11.1. The number of nitrogens with zero attached hydrogens (tertiary/aromatic N) is 4. The smallest absolute Gasteiger partial charge is 0.231 e. The molecule has 3 rings (SSSR count). The standard InChI is InChI=1S/C13H13N5O2S/c19-11-5-9(12(20)16-13-17-15-8-21-13)6-18(11)7-10-3-1-2-4-14-10/h1-4,8-9H,5-7H2,(H,16,17,20)/t9-/m1/s1. The molecule has 0 aliphatic carbocycles. The summed E-state index contributed by atoms with van der Waals surface area (Å²) < 4.78 is 0. The van der Waals surface area contributed by atoms with Crippen LogP contribution < -0.4 is 5.32 Å². The van der Waals surface area contributed by atoms with Gasteiger partial charge in [0.05, 0.1) is 18.2 Å². The number of carbonyl (C=O) groups is 2. The molecule has 2 aromatic heterocycles. The molecular formula is C13H13N5O2S. The highest BCUT2D eigenvalue weighted by molar-refractivity contribution is 7.13. The first-order valence-electron chi connectivity index (χ1n) is 6.47. The predicted octanol–water partition coefficient (Wildman–Crippen LogP) is 0.920. The van der Waals surface area contributed by atoms with Crippen LogP contribution in [0.1, 0.15) is 12.1 Å². The Morgan fingerprint density at radius 1 is 1.48 bits per heavy atom. The van der Waals surface area contributed by atoms with Gasteiger partial charge >= 0.3 is 0 Å². The molecule has 0 saturated carbocycles. The van der Waals surface area contributed by atoms with Crippen LogP contribution in [-0.4, -0.2) is 38.4 Å². The largest absolute Gasteiger partial charge is 0.336 e. The molecule has 1 N–H and O–H groups in total. The molecule has 0 radical (unpaired) electrons. The van der Waals surface area contributed by atoms with Crippen LogP contribution in [-0.2, 0) is 16.1 Å². The summed E-state index contributed by atoms with van der Waals surface area (Å²) in [5.74, 6) is -0.577. The molecule has 1 fully saturated rings. The maximum Gasteiger partial charge on any atom is 0.231 e. The minimum atomic E-state index is -0.356. The number of anilines is 1. The van der Waals surface area contributed by atoms with Crippen molar-refractivity contribution in [3.8, 4) is 0 Å². The van der Waals surface area contributed by atoms with Crippen molar-refractivity contribution in [2.24, 2.45) is 5.92 Å². The molecule has 1 aliphatic heterocycles. The van der Waals surface area contributed by atoms with Crippen molar-refractivity contribution in [3.63, 3.8) is 0 Å². The quantitative estimate of drug-likeness (QED) is 0.907. The Kier molecular flexibility index (Phi) is 3.87. The zero-order chi connectivity index (χ0) is 14.7. The second-order valence-electron chi connectivity index (χ2n) is 4.73. The van der Waals surface area contributed by atoms with Crippen molar-refractivity contribution >= 4 is 28.3 Å². The van der Waals surface area contributed by atoms with Crippen LogP contribution in [0.4, 0.5) is 5.13 Å². The average molecular weight is 303 g/mol. The lowest BCUT2D eigenvalue weighted by Gasteiger charge is -2.15. The third-order valence-electron chi connectivity index (χ3n) is 3.25. The molecule has 108 valence electrons. The number of likely N-dealkylation sites (tertiary alicyclic amines) is 1. The number of nitrogens with one attached hydrogen (secondary N) is 1. The molecule has 0 aromatic carbocycles. The van der Waals surface area contributed by atoms with Gasteiger partial charge in [0.15, 0.2) is 0 Å². The zero-order valence-corrected chi connectivity index (χ0v) is 11.9. The van der Waals surface area contributed by atoms with Gasteiger partial charge in [0, 0.05) is 19.2 Å². The van der Waals surface area contributed by atoms with Crippen molar-refractivity contribution in [2.75, 3.05) is 11.9 Å². The minimum Gasteiger partial charge on any atom is -0.336 e. The van der Waals surface area contributed by atoms with Gasteiger partial charge in [-0.05, 0) is 12.1 Å². The maximum atomic E-state index is 12.1. The molecule has 0 bridgehead atoms. The first-order valence-corrected chi connectivity index (χ1v) is 7.35. The molecule has 1 saturated heterocycles. The Hall–Kier alpha value is -2.35. The van der Waals surface area contributed by atoms with Gasteiger partial charge in [-0.3, -0.25) is 14.6 Å². The highest BCUT2D eigenvalue weighted by Crippen LogP contribution is 2.21. The summed E-state index contributed by atoms with van der Waals surface area (Å²) in [6, 6.07) is 5.57. The number of rotatable bonds is 4. The third kappa shape index (κ3) is 3.22. The molecule has 0 unspecified atom stereocenters. The van der Waals surface area contributed by atoms with E-state index in [1.54, 1.807) is 16.6 Å². The number of pyridine rings is 1. The fourth-order valence-corrected chi connectivity index (χ4v) is 2.67. The van der Waals surface area contributed by atoms with Gasteiger partial charge in [-0.25, -0.2) is 0 Å². The van der Waals surface area contributed by atoms with Gasteiger partial charge in [-0.2, -0.15) is 0 Å². The number of carbonyl (C=O) groups excluding carboxylic acids is 2. The molecule has 2 amide bonds. The van der Waals surface area contributed by atoms with Crippen LogP contribution in [0, 0.1) is 5.92 Å². The Morgan fingerprint density at radius 2 is 2.38 bits per heavy atom. The van der Waals surface area contributed by atoms with E-state index in [1.807, 2.05) is 18.2 Å². The van der Waals surface area contributed by atoms with E-state index in [0.29, 0.717) is 18.2 Å². The molecule has 8 heteroatoms. The summed E-state index contributed by atoms with van der Waals surface area (Å²) in [6.45, 7) is 0.836. The van der Waals surface area contributed by atoms with E-state index in [2.05, 4.69) is 20.5 Å².